The molecule has 33 heavy (non-hydrogen) atoms. The molecule has 0 saturated carbocycles. The third-order valence-electron chi connectivity index (χ3n) is 5.10. The molecule has 9 nitrogen and oxygen atoms in total. The quantitative estimate of drug-likeness (QED) is 0.461. The van der Waals surface area contributed by atoms with Crippen molar-refractivity contribution in [2.24, 2.45) is 0 Å². The number of carbonyl (C=O) groups is 1. The molecule has 0 bridgehead atoms. The van der Waals surface area contributed by atoms with Gasteiger partial charge in [0.1, 0.15) is 5.75 Å². The summed E-state index contributed by atoms with van der Waals surface area (Å²) in [5.74, 6) is 1.64. The first-order valence-corrected chi connectivity index (χ1v) is 11.9. The third-order valence-corrected chi connectivity index (χ3v) is 7.16. The molecular weight excluding hydrogens is 448 g/mol. The Kier molecular flexibility index (Phi) is 9.36. The molecular formula is C23H32N2O7S. The van der Waals surface area contributed by atoms with Crippen LogP contribution < -0.4 is 18.9 Å². The third kappa shape index (κ3) is 6.29. The molecule has 0 aromatic heterocycles. The zero-order chi connectivity index (χ0) is 24.6. The maximum Gasteiger partial charge on any atom is 0.260 e. The fourth-order valence-electron chi connectivity index (χ4n) is 3.26. The molecule has 2 rings (SSSR count). The average molecular weight is 481 g/mol. The highest BCUT2D eigenvalue weighted by atomic mass is 32.2. The fraction of sp³-hybridized carbons (Fsp3) is 0.435. The minimum atomic E-state index is -3.54. The van der Waals surface area contributed by atoms with E-state index < -0.39 is 10.0 Å². The van der Waals surface area contributed by atoms with Gasteiger partial charge in [-0.25, -0.2) is 8.42 Å². The smallest absolute Gasteiger partial charge is 0.260 e. The number of sulfonamides is 1. The number of hydrogen-bond acceptors (Lipinski definition) is 7. The monoisotopic (exact) mass is 480 g/mol. The van der Waals surface area contributed by atoms with Gasteiger partial charge in [-0.05, 0) is 42.0 Å². The molecule has 2 aromatic carbocycles. The van der Waals surface area contributed by atoms with E-state index in [1.165, 1.54) is 42.7 Å². The molecule has 0 aliphatic rings. The highest BCUT2D eigenvalue weighted by Crippen LogP contribution is 2.38. The van der Waals surface area contributed by atoms with E-state index in [0.29, 0.717) is 42.6 Å². The molecule has 0 aliphatic carbocycles. The summed E-state index contributed by atoms with van der Waals surface area (Å²) < 4.78 is 48.1. The van der Waals surface area contributed by atoms with E-state index in [9.17, 15) is 13.2 Å². The number of benzene rings is 2. The van der Waals surface area contributed by atoms with E-state index in [1.807, 2.05) is 0 Å². The standard InChI is InChI=1S/C23H32N2O7S/c1-7-25(8-2)33(27,28)19-11-9-18(10-12-19)32-16-22(26)24(3)15-17-13-20(29-4)23(31-6)21(14-17)30-5/h9-14H,7-8,15-16H2,1-6H3. The van der Waals surface area contributed by atoms with Crippen molar-refractivity contribution in [3.8, 4) is 23.0 Å². The van der Waals surface area contributed by atoms with Crippen molar-refractivity contribution >= 4 is 15.9 Å². The van der Waals surface area contributed by atoms with Crippen molar-refractivity contribution < 1.29 is 32.2 Å². The summed E-state index contributed by atoms with van der Waals surface area (Å²) in [7, 11) is 2.71. The lowest BCUT2D eigenvalue weighted by Crippen LogP contribution is -2.31. The summed E-state index contributed by atoms with van der Waals surface area (Å²) in [5, 5.41) is 0. The molecule has 1 amide bonds. The van der Waals surface area contributed by atoms with Gasteiger partial charge in [-0.1, -0.05) is 13.8 Å². The van der Waals surface area contributed by atoms with E-state index in [4.69, 9.17) is 18.9 Å². The van der Waals surface area contributed by atoms with Crippen LogP contribution in [0.2, 0.25) is 0 Å². The fourth-order valence-corrected chi connectivity index (χ4v) is 4.72. The molecule has 0 unspecified atom stereocenters. The minimum absolute atomic E-state index is 0.185. The molecule has 0 aliphatic heterocycles. The van der Waals surface area contributed by atoms with Crippen molar-refractivity contribution in [3.05, 3.63) is 42.0 Å². The Morgan fingerprint density at radius 1 is 0.909 bits per heavy atom. The number of amides is 1. The van der Waals surface area contributed by atoms with E-state index in [0.717, 1.165) is 5.56 Å². The highest BCUT2D eigenvalue weighted by Gasteiger charge is 2.21. The van der Waals surface area contributed by atoms with Crippen LogP contribution in [0.5, 0.6) is 23.0 Å². The summed E-state index contributed by atoms with van der Waals surface area (Å²) >= 11 is 0. The topological polar surface area (TPSA) is 94.6 Å². The van der Waals surface area contributed by atoms with Gasteiger partial charge >= 0.3 is 0 Å². The average Bonchev–Trinajstić information content (AvgIpc) is 2.82. The molecule has 0 atom stereocenters. The van der Waals surface area contributed by atoms with Crippen LogP contribution in [0.15, 0.2) is 41.3 Å². The van der Waals surface area contributed by atoms with Gasteiger partial charge in [-0.2, -0.15) is 4.31 Å². The molecule has 0 N–H and O–H groups in total. The second-order valence-corrected chi connectivity index (χ2v) is 9.07. The maximum absolute atomic E-state index is 12.6. The van der Waals surface area contributed by atoms with Gasteiger partial charge in [-0.15, -0.1) is 0 Å². The number of hydrogen-bond donors (Lipinski definition) is 0. The molecule has 0 radical (unpaired) electrons. The van der Waals surface area contributed by atoms with Gasteiger partial charge < -0.3 is 23.8 Å². The molecule has 0 fully saturated rings. The Balaban J connectivity index is 2.02. The molecule has 0 saturated heterocycles. The maximum atomic E-state index is 12.6. The Bertz CT molecular complexity index is 1010. The lowest BCUT2D eigenvalue weighted by molar-refractivity contribution is -0.132. The van der Waals surface area contributed by atoms with Crippen molar-refractivity contribution in [1.82, 2.24) is 9.21 Å². The van der Waals surface area contributed by atoms with Crippen LogP contribution in [-0.2, 0) is 21.4 Å². The Hall–Kier alpha value is -2.98. The van der Waals surface area contributed by atoms with Crippen LogP contribution in [0.1, 0.15) is 19.4 Å². The summed E-state index contributed by atoms with van der Waals surface area (Å²) in [6.45, 7) is 4.48. The van der Waals surface area contributed by atoms with Crippen molar-refractivity contribution in [3.63, 3.8) is 0 Å². The summed E-state index contributed by atoms with van der Waals surface area (Å²) in [6.07, 6.45) is 0. The highest BCUT2D eigenvalue weighted by molar-refractivity contribution is 7.89. The molecule has 0 spiro atoms. The predicted molar refractivity (Wildman–Crippen MR) is 125 cm³/mol. The van der Waals surface area contributed by atoms with Gasteiger partial charge in [0.05, 0.1) is 26.2 Å². The minimum Gasteiger partial charge on any atom is -0.493 e. The summed E-state index contributed by atoms with van der Waals surface area (Å²) in [5.41, 5.74) is 0.798. The van der Waals surface area contributed by atoms with Crippen LogP contribution >= 0.6 is 0 Å². The number of ether oxygens (including phenoxy) is 4. The van der Waals surface area contributed by atoms with Crippen LogP contribution in [0.25, 0.3) is 0 Å². The summed E-state index contributed by atoms with van der Waals surface area (Å²) in [6, 6.07) is 9.61. The molecule has 182 valence electrons. The van der Waals surface area contributed by atoms with Gasteiger partial charge in [0.15, 0.2) is 18.1 Å². The van der Waals surface area contributed by atoms with E-state index >= 15 is 0 Å². The number of nitrogens with zero attached hydrogens (tertiary/aromatic N) is 2. The second-order valence-electron chi connectivity index (χ2n) is 7.13. The van der Waals surface area contributed by atoms with Crippen molar-refractivity contribution in [2.75, 3.05) is 48.1 Å². The number of likely N-dealkylation sites (N-methyl/N-ethyl adjacent to an activating group) is 1. The zero-order valence-electron chi connectivity index (χ0n) is 20.0. The van der Waals surface area contributed by atoms with Gasteiger partial charge in [0, 0.05) is 26.7 Å². The zero-order valence-corrected chi connectivity index (χ0v) is 20.8. The number of methoxy groups -OCH3 is 3. The number of rotatable bonds is 12. The van der Waals surface area contributed by atoms with Gasteiger partial charge in [-0.3, -0.25) is 4.79 Å². The van der Waals surface area contributed by atoms with E-state index in [2.05, 4.69) is 0 Å². The first kappa shape index (κ1) is 26.3. The SMILES string of the molecule is CCN(CC)S(=O)(=O)c1ccc(OCC(=O)N(C)Cc2cc(OC)c(OC)c(OC)c2)cc1. The second kappa shape index (κ2) is 11.8. The molecule has 10 heteroatoms. The Labute approximate surface area is 195 Å². The van der Waals surface area contributed by atoms with E-state index in [-0.39, 0.29) is 17.4 Å². The number of carbonyl (C=O) groups excluding carboxylic acids is 1. The van der Waals surface area contributed by atoms with E-state index in [1.54, 1.807) is 45.2 Å². The normalized spacial score (nSPS) is 11.2. The predicted octanol–water partition coefficient (Wildman–Crippen LogP) is 2.78. The van der Waals surface area contributed by atoms with Crippen LogP contribution in [-0.4, -0.2) is 71.6 Å². The first-order valence-electron chi connectivity index (χ1n) is 10.5. The Morgan fingerprint density at radius 3 is 1.91 bits per heavy atom. The van der Waals surface area contributed by atoms with Crippen LogP contribution in [0.4, 0.5) is 0 Å². The lowest BCUT2D eigenvalue weighted by atomic mass is 10.1. The van der Waals surface area contributed by atoms with Crippen LogP contribution in [0, 0.1) is 0 Å². The van der Waals surface area contributed by atoms with Crippen molar-refractivity contribution in [1.29, 1.82) is 0 Å². The largest absolute Gasteiger partial charge is 0.493 e. The summed E-state index contributed by atoms with van der Waals surface area (Å²) in [4.78, 5) is 14.3. The lowest BCUT2D eigenvalue weighted by Gasteiger charge is -2.20. The van der Waals surface area contributed by atoms with Gasteiger partial charge in [0.2, 0.25) is 15.8 Å². The van der Waals surface area contributed by atoms with Crippen molar-refractivity contribution in [2.45, 2.75) is 25.3 Å². The first-order chi connectivity index (χ1) is 15.7. The van der Waals surface area contributed by atoms with Gasteiger partial charge in [0.25, 0.3) is 5.91 Å². The molecule has 2 aromatic rings. The molecule has 0 heterocycles. The Morgan fingerprint density at radius 2 is 1.45 bits per heavy atom. The van der Waals surface area contributed by atoms with Crippen LogP contribution in [0.3, 0.4) is 0 Å².